The molecule has 0 amide bonds. The van der Waals surface area contributed by atoms with E-state index >= 15 is 0 Å². The van der Waals surface area contributed by atoms with E-state index in [2.05, 4.69) is 0 Å². The van der Waals surface area contributed by atoms with Crippen LogP contribution in [0.1, 0.15) is 13.8 Å². The molecule has 2 fully saturated rings. The molecule has 100 valence electrons. The third-order valence-electron chi connectivity index (χ3n) is 3.28. The number of rotatable bonds is 4. The fourth-order valence-electron chi connectivity index (χ4n) is 2.32. The summed E-state index contributed by atoms with van der Waals surface area (Å²) in [5.41, 5.74) is 0. The second-order valence-electron chi connectivity index (χ2n) is 4.91. The Balaban J connectivity index is 2.04. The Bertz CT molecular complexity index is 258. The fraction of sp³-hybridized carbons (Fsp3) is 1.00. The van der Waals surface area contributed by atoms with Crippen LogP contribution in [0.3, 0.4) is 0 Å². The van der Waals surface area contributed by atoms with Crippen LogP contribution in [0.5, 0.6) is 0 Å². The Morgan fingerprint density at radius 1 is 1.12 bits per heavy atom. The summed E-state index contributed by atoms with van der Waals surface area (Å²) < 4.78 is 16.7. The predicted octanol–water partition coefficient (Wildman–Crippen LogP) is -0.930. The van der Waals surface area contributed by atoms with Gasteiger partial charge in [0.15, 0.2) is 12.6 Å². The van der Waals surface area contributed by atoms with Crippen LogP contribution in [0.15, 0.2) is 0 Å². The van der Waals surface area contributed by atoms with Crippen molar-refractivity contribution in [1.82, 2.24) is 0 Å². The standard InChI is InChI=1S/C11H20O6/c1-5(2)10-16-9-6(3-12)8(7(14)4-13)15-11(9)17-10/h5-14H,3-4H2,1-2H3/t6?,7?,8-,9?,10?,11+/m0/s1. The minimum Gasteiger partial charge on any atom is -0.396 e. The number of hydrogen-bond acceptors (Lipinski definition) is 6. The predicted molar refractivity (Wildman–Crippen MR) is 56.9 cm³/mol. The summed E-state index contributed by atoms with van der Waals surface area (Å²) in [5, 5.41) is 27.9. The van der Waals surface area contributed by atoms with Gasteiger partial charge in [-0.3, -0.25) is 0 Å². The lowest BCUT2D eigenvalue weighted by Crippen LogP contribution is -2.39. The van der Waals surface area contributed by atoms with Crippen molar-refractivity contribution in [3.05, 3.63) is 0 Å². The van der Waals surface area contributed by atoms with Gasteiger partial charge in [0.1, 0.15) is 12.2 Å². The van der Waals surface area contributed by atoms with Gasteiger partial charge in [0.2, 0.25) is 0 Å². The Labute approximate surface area is 100 Å². The Morgan fingerprint density at radius 3 is 2.35 bits per heavy atom. The molecule has 6 heteroatoms. The maximum Gasteiger partial charge on any atom is 0.187 e. The quantitative estimate of drug-likeness (QED) is 0.596. The molecule has 0 aliphatic carbocycles. The van der Waals surface area contributed by atoms with Crippen molar-refractivity contribution in [3.8, 4) is 0 Å². The van der Waals surface area contributed by atoms with Crippen LogP contribution < -0.4 is 0 Å². The Morgan fingerprint density at radius 2 is 1.82 bits per heavy atom. The van der Waals surface area contributed by atoms with Gasteiger partial charge in [-0.2, -0.15) is 0 Å². The molecule has 6 nitrogen and oxygen atoms in total. The molecule has 2 heterocycles. The monoisotopic (exact) mass is 248 g/mol. The highest BCUT2D eigenvalue weighted by Gasteiger charge is 2.53. The number of aliphatic hydroxyl groups is 3. The highest BCUT2D eigenvalue weighted by molar-refractivity contribution is 4.94. The first-order valence-electron chi connectivity index (χ1n) is 5.94. The number of fused-ring (bicyclic) bond motifs is 1. The minimum absolute atomic E-state index is 0.170. The average Bonchev–Trinajstić information content (AvgIpc) is 2.84. The van der Waals surface area contributed by atoms with Gasteiger partial charge in [0.05, 0.1) is 19.3 Å². The van der Waals surface area contributed by atoms with E-state index in [1.54, 1.807) is 0 Å². The summed E-state index contributed by atoms with van der Waals surface area (Å²) in [6.45, 7) is 3.37. The molecule has 0 saturated carbocycles. The smallest absolute Gasteiger partial charge is 0.187 e. The second-order valence-corrected chi connectivity index (χ2v) is 4.91. The molecule has 4 unspecified atom stereocenters. The molecule has 2 saturated heterocycles. The van der Waals surface area contributed by atoms with Crippen molar-refractivity contribution >= 4 is 0 Å². The maximum atomic E-state index is 9.59. The lowest BCUT2D eigenvalue weighted by molar-refractivity contribution is -0.195. The molecule has 0 aromatic rings. The van der Waals surface area contributed by atoms with E-state index in [0.29, 0.717) is 0 Å². The molecule has 0 bridgehead atoms. The molecular formula is C11H20O6. The molecule has 0 aromatic carbocycles. The van der Waals surface area contributed by atoms with E-state index in [-0.39, 0.29) is 30.8 Å². The molecule has 2 aliphatic heterocycles. The van der Waals surface area contributed by atoms with E-state index < -0.39 is 25.1 Å². The van der Waals surface area contributed by atoms with Gasteiger partial charge in [0, 0.05) is 11.8 Å². The van der Waals surface area contributed by atoms with Gasteiger partial charge >= 0.3 is 0 Å². The molecule has 6 atom stereocenters. The van der Waals surface area contributed by atoms with Gasteiger partial charge in [-0.05, 0) is 0 Å². The molecule has 2 aliphatic rings. The van der Waals surface area contributed by atoms with Crippen LogP contribution in [0.4, 0.5) is 0 Å². The van der Waals surface area contributed by atoms with E-state index in [1.165, 1.54) is 0 Å². The van der Waals surface area contributed by atoms with Crippen molar-refractivity contribution in [2.24, 2.45) is 11.8 Å². The van der Waals surface area contributed by atoms with Gasteiger partial charge in [-0.25, -0.2) is 0 Å². The zero-order valence-electron chi connectivity index (χ0n) is 10.0. The molecule has 2 rings (SSSR count). The topological polar surface area (TPSA) is 88.4 Å². The summed E-state index contributed by atoms with van der Waals surface area (Å²) in [5.74, 6) is -0.171. The largest absolute Gasteiger partial charge is 0.396 e. The average molecular weight is 248 g/mol. The molecule has 17 heavy (non-hydrogen) atoms. The molecule has 0 spiro atoms. The SMILES string of the molecule is CC(C)C1OC2C(CO)[C@@H](C(O)CO)O[C@@H]2O1. The van der Waals surface area contributed by atoms with Crippen LogP contribution in [0.25, 0.3) is 0 Å². The molecule has 0 radical (unpaired) electrons. The summed E-state index contributed by atoms with van der Waals surface area (Å²) in [7, 11) is 0. The third kappa shape index (κ3) is 2.33. The molecule has 0 aromatic heterocycles. The van der Waals surface area contributed by atoms with Gasteiger partial charge in [0.25, 0.3) is 0 Å². The van der Waals surface area contributed by atoms with E-state index in [4.69, 9.17) is 19.3 Å². The van der Waals surface area contributed by atoms with Crippen molar-refractivity contribution in [2.45, 2.75) is 44.7 Å². The number of ether oxygens (including phenoxy) is 3. The third-order valence-corrected chi connectivity index (χ3v) is 3.28. The first-order chi connectivity index (χ1) is 8.08. The lowest BCUT2D eigenvalue weighted by atomic mass is 9.96. The summed E-state index contributed by atoms with van der Waals surface area (Å²) >= 11 is 0. The van der Waals surface area contributed by atoms with E-state index in [0.717, 1.165) is 0 Å². The van der Waals surface area contributed by atoms with Gasteiger partial charge in [-0.1, -0.05) is 13.8 Å². The van der Waals surface area contributed by atoms with Gasteiger partial charge in [-0.15, -0.1) is 0 Å². The van der Waals surface area contributed by atoms with Crippen LogP contribution in [0, 0.1) is 11.8 Å². The van der Waals surface area contributed by atoms with Crippen LogP contribution in [-0.4, -0.2) is 59.4 Å². The summed E-state index contributed by atoms with van der Waals surface area (Å²) in [4.78, 5) is 0. The number of aliphatic hydroxyl groups excluding tert-OH is 3. The van der Waals surface area contributed by atoms with Crippen molar-refractivity contribution in [1.29, 1.82) is 0 Å². The van der Waals surface area contributed by atoms with E-state index in [9.17, 15) is 10.2 Å². The molecular weight excluding hydrogens is 228 g/mol. The Hall–Kier alpha value is -0.240. The van der Waals surface area contributed by atoms with Crippen molar-refractivity contribution in [3.63, 3.8) is 0 Å². The summed E-state index contributed by atoms with van der Waals surface area (Å²) in [6.07, 6.45) is -2.95. The fourth-order valence-corrected chi connectivity index (χ4v) is 2.32. The van der Waals surface area contributed by atoms with Crippen LogP contribution in [0.2, 0.25) is 0 Å². The first-order valence-corrected chi connectivity index (χ1v) is 5.94. The maximum absolute atomic E-state index is 9.59. The van der Waals surface area contributed by atoms with Crippen molar-refractivity contribution < 1.29 is 29.5 Å². The number of hydrogen-bond donors (Lipinski definition) is 3. The normalized spacial score (nSPS) is 43.1. The molecule has 3 N–H and O–H groups in total. The van der Waals surface area contributed by atoms with Crippen LogP contribution >= 0.6 is 0 Å². The first kappa shape index (κ1) is 13.2. The van der Waals surface area contributed by atoms with Crippen molar-refractivity contribution in [2.75, 3.05) is 13.2 Å². The highest BCUT2D eigenvalue weighted by Crippen LogP contribution is 2.39. The van der Waals surface area contributed by atoms with E-state index in [1.807, 2.05) is 13.8 Å². The summed E-state index contributed by atoms with van der Waals surface area (Å²) in [6, 6.07) is 0. The van der Waals surface area contributed by atoms with Crippen LogP contribution in [-0.2, 0) is 14.2 Å². The lowest BCUT2D eigenvalue weighted by Gasteiger charge is -2.25. The van der Waals surface area contributed by atoms with Gasteiger partial charge < -0.3 is 29.5 Å². The minimum atomic E-state index is -1.03. The second kappa shape index (κ2) is 5.17. The zero-order valence-corrected chi connectivity index (χ0v) is 10.0. The Kier molecular flexibility index (Phi) is 4.02. The zero-order chi connectivity index (χ0) is 12.6. The highest BCUT2D eigenvalue weighted by atomic mass is 16.8.